The third kappa shape index (κ3) is 4.05. The molecule has 0 fully saturated rings. The van der Waals surface area contributed by atoms with E-state index in [-0.39, 0.29) is 0 Å². The van der Waals surface area contributed by atoms with E-state index in [9.17, 15) is 0 Å². The first kappa shape index (κ1) is 14.0. The van der Waals surface area contributed by atoms with Crippen LogP contribution in [0.3, 0.4) is 0 Å². The molecule has 0 spiro atoms. The van der Waals surface area contributed by atoms with Crippen molar-refractivity contribution in [2.45, 2.75) is 6.92 Å². The maximum absolute atomic E-state index is 6.05. The van der Waals surface area contributed by atoms with Gasteiger partial charge in [-0.2, -0.15) is 0 Å². The molecule has 0 heterocycles. The minimum Gasteiger partial charge on any atom is -0.490 e. The predicted molar refractivity (Wildman–Crippen MR) is 81.6 cm³/mol. The van der Waals surface area contributed by atoms with Gasteiger partial charge in [0.1, 0.15) is 12.4 Å². The highest BCUT2D eigenvalue weighted by molar-refractivity contribution is 6.32. The van der Waals surface area contributed by atoms with E-state index in [2.05, 4.69) is 5.32 Å². The van der Waals surface area contributed by atoms with Crippen molar-refractivity contribution in [1.82, 2.24) is 0 Å². The number of nitrogens with one attached hydrogen (secondary N) is 1. The zero-order chi connectivity index (χ0) is 13.7. The van der Waals surface area contributed by atoms with Gasteiger partial charge in [-0.25, -0.2) is 0 Å². The Kier molecular flexibility index (Phi) is 4.94. The lowest BCUT2D eigenvalue weighted by molar-refractivity contribution is 0.333. The number of ether oxygens (including phenoxy) is 1. The lowest BCUT2D eigenvalue weighted by Crippen LogP contribution is -2.11. The first-order valence-corrected chi connectivity index (χ1v) is 6.80. The van der Waals surface area contributed by atoms with Gasteiger partial charge in [0.15, 0.2) is 0 Å². The molecule has 0 aliphatic heterocycles. The Labute approximate surface area is 123 Å². The molecule has 0 unspecified atom stereocenters. The van der Waals surface area contributed by atoms with Crippen molar-refractivity contribution in [3.63, 3.8) is 0 Å². The Balaban J connectivity index is 1.81. The molecule has 19 heavy (non-hydrogen) atoms. The Bertz CT molecular complexity index is 558. The fourth-order valence-corrected chi connectivity index (χ4v) is 1.99. The van der Waals surface area contributed by atoms with Crippen LogP contribution in [-0.4, -0.2) is 13.2 Å². The van der Waals surface area contributed by atoms with Crippen LogP contribution in [0.25, 0.3) is 0 Å². The Morgan fingerprint density at radius 3 is 2.58 bits per heavy atom. The molecule has 2 rings (SSSR count). The van der Waals surface area contributed by atoms with E-state index in [4.69, 9.17) is 27.9 Å². The summed E-state index contributed by atoms with van der Waals surface area (Å²) >= 11 is 12.1. The minimum atomic E-state index is 0.537. The maximum atomic E-state index is 6.05. The van der Waals surface area contributed by atoms with Gasteiger partial charge in [-0.05, 0) is 36.8 Å². The van der Waals surface area contributed by atoms with E-state index >= 15 is 0 Å². The van der Waals surface area contributed by atoms with Gasteiger partial charge in [0, 0.05) is 17.3 Å². The summed E-state index contributed by atoms with van der Waals surface area (Å²) < 4.78 is 5.59. The van der Waals surface area contributed by atoms with Crippen molar-refractivity contribution in [3.8, 4) is 5.75 Å². The summed E-state index contributed by atoms with van der Waals surface area (Å²) in [5.74, 6) is 0.702. The summed E-state index contributed by atoms with van der Waals surface area (Å²) in [5, 5.41) is 4.64. The second-order valence-electron chi connectivity index (χ2n) is 4.17. The number of halogens is 2. The molecule has 0 aliphatic carbocycles. The monoisotopic (exact) mass is 295 g/mol. The minimum absolute atomic E-state index is 0.537. The topological polar surface area (TPSA) is 21.3 Å². The first-order chi connectivity index (χ1) is 9.16. The third-order valence-electron chi connectivity index (χ3n) is 2.70. The highest BCUT2D eigenvalue weighted by Gasteiger charge is 2.00. The van der Waals surface area contributed by atoms with E-state index in [1.165, 1.54) is 0 Å². The van der Waals surface area contributed by atoms with Crippen molar-refractivity contribution in [2.24, 2.45) is 0 Å². The van der Waals surface area contributed by atoms with Crippen LogP contribution in [0.1, 0.15) is 5.56 Å². The summed E-state index contributed by atoms with van der Waals surface area (Å²) in [6.07, 6.45) is 0. The van der Waals surface area contributed by atoms with Crippen LogP contribution >= 0.6 is 23.2 Å². The third-order valence-corrected chi connectivity index (χ3v) is 3.42. The molecule has 100 valence electrons. The van der Waals surface area contributed by atoms with Crippen LogP contribution in [0.4, 0.5) is 5.69 Å². The summed E-state index contributed by atoms with van der Waals surface area (Å²) in [6.45, 7) is 3.20. The fourth-order valence-electron chi connectivity index (χ4n) is 1.62. The normalized spacial score (nSPS) is 10.3. The summed E-state index contributed by atoms with van der Waals surface area (Å²) in [4.78, 5) is 0. The van der Waals surface area contributed by atoms with E-state index < -0.39 is 0 Å². The zero-order valence-corrected chi connectivity index (χ0v) is 12.1. The molecule has 4 heteroatoms. The molecule has 2 aromatic rings. The van der Waals surface area contributed by atoms with Crippen LogP contribution in [0.2, 0.25) is 10.0 Å². The van der Waals surface area contributed by atoms with Crippen molar-refractivity contribution in [1.29, 1.82) is 0 Å². The summed E-state index contributed by atoms with van der Waals surface area (Å²) in [5.41, 5.74) is 2.05. The second kappa shape index (κ2) is 6.69. The molecule has 2 aromatic carbocycles. The number of rotatable bonds is 5. The average Bonchev–Trinajstić information content (AvgIpc) is 2.40. The largest absolute Gasteiger partial charge is 0.490 e. The van der Waals surface area contributed by atoms with Crippen molar-refractivity contribution in [2.75, 3.05) is 18.5 Å². The predicted octanol–water partition coefficient (Wildman–Crippen LogP) is 4.79. The van der Waals surface area contributed by atoms with Gasteiger partial charge in [-0.3, -0.25) is 0 Å². The number of anilines is 1. The van der Waals surface area contributed by atoms with Gasteiger partial charge in [-0.15, -0.1) is 0 Å². The molecule has 0 bridgehead atoms. The quantitative estimate of drug-likeness (QED) is 0.801. The van der Waals surface area contributed by atoms with Gasteiger partial charge in [0.05, 0.1) is 5.02 Å². The molecular weight excluding hydrogens is 281 g/mol. The molecule has 0 aliphatic rings. The highest BCUT2D eigenvalue weighted by Crippen LogP contribution is 2.23. The number of benzene rings is 2. The standard InChI is InChI=1S/C15H15Cl2NO/c1-11-6-7-12(10-14(11)17)18-8-9-19-15-5-3-2-4-13(15)16/h2-7,10,18H,8-9H2,1H3. The Hall–Kier alpha value is -1.38. The lowest BCUT2D eigenvalue weighted by atomic mass is 10.2. The summed E-state index contributed by atoms with van der Waals surface area (Å²) in [7, 11) is 0. The smallest absolute Gasteiger partial charge is 0.137 e. The Morgan fingerprint density at radius 1 is 1.05 bits per heavy atom. The van der Waals surface area contributed by atoms with Crippen LogP contribution in [0, 0.1) is 6.92 Å². The van der Waals surface area contributed by atoms with E-state index in [0.717, 1.165) is 16.3 Å². The van der Waals surface area contributed by atoms with Crippen LogP contribution in [-0.2, 0) is 0 Å². The zero-order valence-electron chi connectivity index (χ0n) is 10.6. The molecule has 0 saturated heterocycles. The molecule has 1 N–H and O–H groups in total. The van der Waals surface area contributed by atoms with Gasteiger partial charge < -0.3 is 10.1 Å². The highest BCUT2D eigenvalue weighted by atomic mass is 35.5. The molecule has 0 saturated carbocycles. The van der Waals surface area contributed by atoms with Gasteiger partial charge in [0.2, 0.25) is 0 Å². The molecule has 0 atom stereocenters. The van der Waals surface area contributed by atoms with Gasteiger partial charge >= 0.3 is 0 Å². The molecule has 0 amide bonds. The van der Waals surface area contributed by atoms with Crippen molar-refractivity contribution < 1.29 is 4.74 Å². The van der Waals surface area contributed by atoms with E-state index in [1.54, 1.807) is 0 Å². The molecule has 0 aromatic heterocycles. The first-order valence-electron chi connectivity index (χ1n) is 6.04. The second-order valence-corrected chi connectivity index (χ2v) is 4.98. The maximum Gasteiger partial charge on any atom is 0.137 e. The molecule has 0 radical (unpaired) electrons. The number of hydrogen-bond acceptors (Lipinski definition) is 2. The van der Waals surface area contributed by atoms with Crippen molar-refractivity contribution >= 4 is 28.9 Å². The SMILES string of the molecule is Cc1ccc(NCCOc2ccccc2Cl)cc1Cl. The lowest BCUT2D eigenvalue weighted by Gasteiger charge is -2.10. The van der Waals surface area contributed by atoms with Gasteiger partial charge in [0.25, 0.3) is 0 Å². The van der Waals surface area contributed by atoms with E-state index in [0.29, 0.717) is 23.9 Å². The number of para-hydroxylation sites is 1. The van der Waals surface area contributed by atoms with Crippen LogP contribution < -0.4 is 10.1 Å². The van der Waals surface area contributed by atoms with Gasteiger partial charge in [-0.1, -0.05) is 41.4 Å². The average molecular weight is 296 g/mol. The molecule has 2 nitrogen and oxygen atoms in total. The molecular formula is C15H15Cl2NO. The number of hydrogen-bond donors (Lipinski definition) is 1. The van der Waals surface area contributed by atoms with E-state index in [1.807, 2.05) is 49.4 Å². The van der Waals surface area contributed by atoms with Crippen molar-refractivity contribution in [3.05, 3.63) is 58.1 Å². The summed E-state index contributed by atoms with van der Waals surface area (Å²) in [6, 6.07) is 13.3. The Morgan fingerprint density at radius 2 is 1.84 bits per heavy atom. The number of aryl methyl sites for hydroxylation is 1. The fraction of sp³-hybridized carbons (Fsp3) is 0.200. The van der Waals surface area contributed by atoms with Crippen LogP contribution in [0.15, 0.2) is 42.5 Å². The van der Waals surface area contributed by atoms with Crippen LogP contribution in [0.5, 0.6) is 5.75 Å².